The molecule has 3 heteroatoms. The molecule has 2 N–H and O–H groups in total. The van der Waals surface area contributed by atoms with Gasteiger partial charge in [0.1, 0.15) is 5.75 Å². The molecule has 82 valence electrons. The van der Waals surface area contributed by atoms with Gasteiger partial charge in [-0.3, -0.25) is 0 Å². The van der Waals surface area contributed by atoms with Gasteiger partial charge in [0.2, 0.25) is 0 Å². The third-order valence-corrected chi connectivity index (χ3v) is 2.39. The summed E-state index contributed by atoms with van der Waals surface area (Å²) in [5, 5.41) is 9.55. The molecule has 0 saturated carbocycles. The number of imidazole rings is 1. The molecule has 0 spiro atoms. The lowest BCUT2D eigenvalue weighted by molar-refractivity contribution is 0.468. The fourth-order valence-electron chi connectivity index (χ4n) is 1.53. The highest BCUT2D eigenvalue weighted by atomic mass is 16.3. The molecule has 1 heterocycles. The monoisotopic (exact) mass is 214 g/mol. The number of allylic oxidation sites excluding steroid dienone is 1. The normalized spacial score (nSPS) is 11.0. The lowest BCUT2D eigenvalue weighted by Crippen LogP contribution is -1.83. The number of hydrogen-bond donors (Lipinski definition) is 2. The summed E-state index contributed by atoms with van der Waals surface area (Å²) in [6.07, 6.45) is 9.24. The van der Waals surface area contributed by atoms with E-state index in [1.807, 2.05) is 24.3 Å². The Morgan fingerprint density at radius 1 is 1.31 bits per heavy atom. The average Bonchev–Trinajstić information content (AvgIpc) is 2.79. The lowest BCUT2D eigenvalue weighted by atomic mass is 10.1. The fourth-order valence-corrected chi connectivity index (χ4v) is 1.53. The summed E-state index contributed by atoms with van der Waals surface area (Å²) < 4.78 is 0. The second-order valence-electron chi connectivity index (χ2n) is 3.58. The summed E-state index contributed by atoms with van der Waals surface area (Å²) in [4.78, 5) is 6.93. The van der Waals surface area contributed by atoms with Crippen LogP contribution in [0.1, 0.15) is 17.7 Å². The molecular formula is C13H14N2O. The lowest BCUT2D eigenvalue weighted by Gasteiger charge is -2.00. The molecule has 0 aliphatic heterocycles. The Balaban J connectivity index is 1.87. The van der Waals surface area contributed by atoms with Crippen LogP contribution in [0, 0.1) is 0 Å². The van der Waals surface area contributed by atoms with E-state index in [2.05, 4.69) is 16.0 Å². The van der Waals surface area contributed by atoms with Crippen molar-refractivity contribution in [2.75, 3.05) is 0 Å². The minimum absolute atomic E-state index is 0.373. The quantitative estimate of drug-likeness (QED) is 0.822. The number of aromatic hydroxyl groups is 1. The largest absolute Gasteiger partial charge is 0.508 e. The maximum Gasteiger partial charge on any atom is 0.118 e. The van der Waals surface area contributed by atoms with E-state index in [0.717, 1.165) is 24.1 Å². The molecule has 3 nitrogen and oxygen atoms in total. The minimum atomic E-state index is 0.373. The van der Waals surface area contributed by atoms with Crippen molar-refractivity contribution in [3.63, 3.8) is 0 Å². The average molecular weight is 214 g/mol. The van der Waals surface area contributed by atoms with Crippen molar-refractivity contribution in [1.82, 2.24) is 9.97 Å². The SMILES string of the molecule is Oc1ccccc1CCC=Cc1cnc[nH]1. The number of H-pyrrole nitrogens is 1. The maximum absolute atomic E-state index is 9.55. The molecule has 0 unspecified atom stereocenters. The van der Waals surface area contributed by atoms with Crippen LogP contribution in [0.5, 0.6) is 5.75 Å². The molecule has 0 fully saturated rings. The molecule has 0 bridgehead atoms. The Hall–Kier alpha value is -2.03. The maximum atomic E-state index is 9.55. The molecule has 0 aliphatic rings. The molecule has 0 radical (unpaired) electrons. The number of aromatic amines is 1. The van der Waals surface area contributed by atoms with E-state index < -0.39 is 0 Å². The van der Waals surface area contributed by atoms with Crippen molar-refractivity contribution in [2.24, 2.45) is 0 Å². The van der Waals surface area contributed by atoms with Crippen LogP contribution in [-0.2, 0) is 6.42 Å². The highest BCUT2D eigenvalue weighted by Crippen LogP contribution is 2.17. The molecule has 0 aliphatic carbocycles. The van der Waals surface area contributed by atoms with Crippen LogP contribution in [0.25, 0.3) is 6.08 Å². The molecule has 1 aromatic heterocycles. The number of hydrogen-bond acceptors (Lipinski definition) is 2. The molecule has 0 saturated heterocycles. The number of benzene rings is 1. The van der Waals surface area contributed by atoms with Crippen molar-refractivity contribution < 1.29 is 5.11 Å². The molecular weight excluding hydrogens is 200 g/mol. The van der Waals surface area contributed by atoms with Gasteiger partial charge in [-0.2, -0.15) is 0 Å². The standard InChI is InChI=1S/C13H14N2O/c16-13-8-4-2-6-11(13)5-1-3-7-12-9-14-10-15-12/h2-4,6-10,16H,1,5H2,(H,14,15). The van der Waals surface area contributed by atoms with Crippen LogP contribution in [0.15, 0.2) is 42.9 Å². The van der Waals surface area contributed by atoms with Gasteiger partial charge in [-0.25, -0.2) is 4.98 Å². The molecule has 1 aromatic carbocycles. The predicted octanol–water partition coefficient (Wildman–Crippen LogP) is 2.76. The third-order valence-electron chi connectivity index (χ3n) is 2.39. The van der Waals surface area contributed by atoms with Crippen molar-refractivity contribution in [3.8, 4) is 5.75 Å². The van der Waals surface area contributed by atoms with Gasteiger partial charge in [0.05, 0.1) is 18.2 Å². The predicted molar refractivity (Wildman–Crippen MR) is 64.0 cm³/mol. The van der Waals surface area contributed by atoms with Crippen molar-refractivity contribution >= 4 is 6.08 Å². The Labute approximate surface area is 94.5 Å². The third kappa shape index (κ3) is 2.73. The van der Waals surface area contributed by atoms with Crippen LogP contribution in [0.4, 0.5) is 0 Å². The van der Waals surface area contributed by atoms with E-state index in [-0.39, 0.29) is 0 Å². The zero-order chi connectivity index (χ0) is 11.2. The first-order chi connectivity index (χ1) is 7.86. The molecule has 2 aromatic rings. The second kappa shape index (κ2) is 5.16. The summed E-state index contributed by atoms with van der Waals surface area (Å²) in [5.74, 6) is 0.373. The van der Waals surface area contributed by atoms with Gasteiger partial charge in [0.15, 0.2) is 0 Å². The molecule has 16 heavy (non-hydrogen) atoms. The topological polar surface area (TPSA) is 48.9 Å². The van der Waals surface area contributed by atoms with E-state index in [1.54, 1.807) is 18.6 Å². The van der Waals surface area contributed by atoms with Gasteiger partial charge in [0, 0.05) is 0 Å². The second-order valence-corrected chi connectivity index (χ2v) is 3.58. The molecule has 2 rings (SSSR count). The first-order valence-electron chi connectivity index (χ1n) is 5.28. The number of aryl methyl sites for hydroxylation is 1. The number of phenolic OH excluding ortho intramolecular Hbond substituents is 1. The van der Waals surface area contributed by atoms with Crippen LogP contribution < -0.4 is 0 Å². The minimum Gasteiger partial charge on any atom is -0.508 e. The smallest absolute Gasteiger partial charge is 0.118 e. The van der Waals surface area contributed by atoms with Gasteiger partial charge < -0.3 is 10.1 Å². The number of para-hydroxylation sites is 1. The number of nitrogens with zero attached hydrogens (tertiary/aromatic N) is 1. The first-order valence-corrected chi connectivity index (χ1v) is 5.28. The highest BCUT2D eigenvalue weighted by Gasteiger charge is 1.96. The number of phenols is 1. The highest BCUT2D eigenvalue weighted by molar-refractivity contribution is 5.42. The van der Waals surface area contributed by atoms with Gasteiger partial charge in [-0.15, -0.1) is 0 Å². The zero-order valence-corrected chi connectivity index (χ0v) is 8.93. The van der Waals surface area contributed by atoms with E-state index in [4.69, 9.17) is 0 Å². The molecule has 0 amide bonds. The van der Waals surface area contributed by atoms with Crippen LogP contribution in [0.3, 0.4) is 0 Å². The number of aromatic nitrogens is 2. The summed E-state index contributed by atoms with van der Waals surface area (Å²) in [7, 11) is 0. The number of rotatable bonds is 4. The van der Waals surface area contributed by atoms with Crippen molar-refractivity contribution in [3.05, 3.63) is 54.1 Å². The van der Waals surface area contributed by atoms with E-state index in [0.29, 0.717) is 5.75 Å². The summed E-state index contributed by atoms with van der Waals surface area (Å²) >= 11 is 0. The Morgan fingerprint density at radius 2 is 2.19 bits per heavy atom. The summed E-state index contributed by atoms with van der Waals surface area (Å²) in [6, 6.07) is 7.43. The number of nitrogens with one attached hydrogen (secondary N) is 1. The Morgan fingerprint density at radius 3 is 2.94 bits per heavy atom. The Bertz CT molecular complexity index is 461. The van der Waals surface area contributed by atoms with Gasteiger partial charge in [-0.1, -0.05) is 24.3 Å². The van der Waals surface area contributed by atoms with Crippen LogP contribution >= 0.6 is 0 Å². The van der Waals surface area contributed by atoms with Crippen molar-refractivity contribution in [1.29, 1.82) is 0 Å². The molecule has 0 atom stereocenters. The van der Waals surface area contributed by atoms with Crippen molar-refractivity contribution in [2.45, 2.75) is 12.8 Å². The zero-order valence-electron chi connectivity index (χ0n) is 8.93. The van der Waals surface area contributed by atoms with Gasteiger partial charge >= 0.3 is 0 Å². The summed E-state index contributed by atoms with van der Waals surface area (Å²) in [5.41, 5.74) is 1.98. The first kappa shape index (κ1) is 10.5. The van der Waals surface area contributed by atoms with E-state index in [1.165, 1.54) is 0 Å². The van der Waals surface area contributed by atoms with Crippen LogP contribution in [0.2, 0.25) is 0 Å². The van der Waals surface area contributed by atoms with Gasteiger partial charge in [0.25, 0.3) is 0 Å². The van der Waals surface area contributed by atoms with E-state index in [9.17, 15) is 5.11 Å². The Kier molecular flexibility index (Phi) is 3.38. The fraction of sp³-hybridized carbons (Fsp3) is 0.154. The van der Waals surface area contributed by atoms with E-state index >= 15 is 0 Å². The van der Waals surface area contributed by atoms with Gasteiger partial charge in [-0.05, 0) is 30.5 Å². The van der Waals surface area contributed by atoms with Crippen LogP contribution in [-0.4, -0.2) is 15.1 Å². The summed E-state index contributed by atoms with van der Waals surface area (Å²) in [6.45, 7) is 0.